The van der Waals surface area contributed by atoms with Gasteiger partial charge in [-0.3, -0.25) is 38.1 Å². The zero-order chi connectivity index (χ0) is 61.8. The molecule has 1 unspecified atom stereocenters. The van der Waals surface area contributed by atoms with Crippen LogP contribution in [0.5, 0.6) is 11.5 Å². The molecule has 0 aliphatic carbocycles. The summed E-state index contributed by atoms with van der Waals surface area (Å²) in [6.07, 6.45) is -7.62. The summed E-state index contributed by atoms with van der Waals surface area (Å²) in [6, 6.07) is 35.0. The largest absolute Gasteiger partial charge is 0.497 e. The molecule has 3 N–H and O–H groups in total. The number of nitrogens with zero attached hydrogens (tertiary/aromatic N) is 6. The molecule has 4 aliphatic heterocycles. The number of aromatic amines is 2. The Balaban J connectivity index is 0.954. The average Bonchev–Trinajstić information content (AvgIpc) is 1.77. The van der Waals surface area contributed by atoms with Crippen molar-refractivity contribution in [1.82, 2.24) is 38.6 Å². The van der Waals surface area contributed by atoms with Gasteiger partial charge in [0.1, 0.15) is 85.2 Å². The van der Waals surface area contributed by atoms with Gasteiger partial charge < -0.3 is 71.0 Å². The maximum atomic E-state index is 14.2. The number of nitrogens with one attached hydrogen (secondary N) is 3. The van der Waals surface area contributed by atoms with Crippen molar-refractivity contribution < 1.29 is 70.5 Å². The van der Waals surface area contributed by atoms with Crippen molar-refractivity contribution >= 4 is 31.5 Å². The summed E-state index contributed by atoms with van der Waals surface area (Å²) in [5.74, 6) is 0.877. The third-order valence-corrected chi connectivity index (χ3v) is 16.9. The first-order chi connectivity index (χ1) is 43.4. The van der Waals surface area contributed by atoms with Gasteiger partial charge in [0.05, 0.1) is 40.4 Å². The average molecular weight is 1240 g/mol. The van der Waals surface area contributed by atoms with E-state index in [9.17, 15) is 24.0 Å². The molecule has 28 nitrogen and oxygen atoms in total. The van der Waals surface area contributed by atoms with Gasteiger partial charge in [-0.25, -0.2) is 24.5 Å². The predicted octanol–water partition coefficient (Wildman–Crippen LogP) is 4.33. The highest BCUT2D eigenvalue weighted by atomic mass is 31.2. The lowest BCUT2D eigenvalue weighted by Gasteiger charge is -2.41. The standard InChI is InChI=1S/C60H62N9O19P/c1-75-28-40-47(49(79-5)55(83-40)67-26-24-43(70)64-58(67)73)87-89(82-30-42-46-50(81-33-80-46)56(85-42)69-32-63-45-52(61-31-62-53(45)69)66-54(72)34-12-8-6-9-13-34)88-48-41(29-76-2)84-57(68-27-25-44(71)65-59(68)74)51(48)86-60(35-14-10-7-11-15-35,36-16-20-38(77-3)21-17-36)37-18-22-39(78-4)23-19-37/h6-27,31-32,40-42,46-51,55-57H,28-30,33H2,1-5H3,(H,64,70,73)(H,65,71,74)(H,61,62,66,72)/t40-,41-,42-,46-,47-,48-,49-,50-,51-,55-,56-,57-,89?/m1/s1. The second-order valence-corrected chi connectivity index (χ2v) is 22.0. The minimum absolute atomic E-state index is 0.101. The topological polar surface area (TPSA) is 312 Å². The lowest BCUT2D eigenvalue weighted by molar-refractivity contribution is -0.125. The van der Waals surface area contributed by atoms with E-state index in [-0.39, 0.29) is 37.9 Å². The van der Waals surface area contributed by atoms with Crippen molar-refractivity contribution in [2.75, 3.05) is 67.5 Å². The van der Waals surface area contributed by atoms with Crippen LogP contribution in [0.4, 0.5) is 5.82 Å². The number of carbonyl (C=O) groups is 1. The van der Waals surface area contributed by atoms with Crippen LogP contribution in [-0.2, 0) is 61.8 Å². The van der Waals surface area contributed by atoms with Crippen molar-refractivity contribution in [2.24, 2.45) is 0 Å². The summed E-state index contributed by atoms with van der Waals surface area (Å²) in [4.78, 5) is 84.1. The molecule has 4 saturated heterocycles. The highest BCUT2D eigenvalue weighted by Gasteiger charge is 2.57. The Kier molecular flexibility index (Phi) is 18.4. The number of fused-ring (bicyclic) bond motifs is 2. The molecular weight excluding hydrogens is 1180 g/mol. The fourth-order valence-corrected chi connectivity index (χ4v) is 12.9. The molecule has 12 rings (SSSR count). The molecule has 29 heteroatoms. The Bertz CT molecular complexity index is 3920. The van der Waals surface area contributed by atoms with Gasteiger partial charge in [0.15, 0.2) is 35.7 Å². The summed E-state index contributed by atoms with van der Waals surface area (Å²) in [7, 11) is 4.64. The second-order valence-electron chi connectivity index (χ2n) is 20.8. The minimum Gasteiger partial charge on any atom is -0.497 e. The van der Waals surface area contributed by atoms with Gasteiger partial charge >= 0.3 is 20.0 Å². The third-order valence-electron chi connectivity index (χ3n) is 15.7. The fraction of sp³-hybridized carbons (Fsp3) is 0.367. The van der Waals surface area contributed by atoms with Crippen LogP contribution in [0.3, 0.4) is 0 Å². The summed E-state index contributed by atoms with van der Waals surface area (Å²) in [5.41, 5.74) is -1.65. The lowest BCUT2D eigenvalue weighted by Crippen LogP contribution is -2.46. The van der Waals surface area contributed by atoms with Crippen LogP contribution in [0, 0.1) is 0 Å². The monoisotopic (exact) mass is 1240 g/mol. The molecule has 466 valence electrons. The number of aromatic nitrogens is 8. The van der Waals surface area contributed by atoms with Gasteiger partial charge in [-0.05, 0) is 53.1 Å². The first-order valence-electron chi connectivity index (χ1n) is 28.1. The van der Waals surface area contributed by atoms with E-state index < -0.39 is 116 Å². The highest BCUT2D eigenvalue weighted by molar-refractivity contribution is 7.41. The lowest BCUT2D eigenvalue weighted by atomic mass is 9.79. The molecule has 0 saturated carbocycles. The number of benzene rings is 4. The zero-order valence-corrected chi connectivity index (χ0v) is 49.4. The van der Waals surface area contributed by atoms with E-state index in [1.807, 2.05) is 54.6 Å². The van der Waals surface area contributed by atoms with Crippen molar-refractivity contribution in [1.29, 1.82) is 0 Å². The Morgan fingerprint density at radius 1 is 0.596 bits per heavy atom. The smallest absolute Gasteiger partial charge is 0.333 e. The van der Waals surface area contributed by atoms with Gasteiger partial charge in [-0.2, -0.15) is 0 Å². The van der Waals surface area contributed by atoms with Crippen LogP contribution in [0.2, 0.25) is 0 Å². The highest BCUT2D eigenvalue weighted by Crippen LogP contribution is 2.54. The number of hydrogen-bond donors (Lipinski definition) is 3. The summed E-state index contributed by atoms with van der Waals surface area (Å²) in [6.45, 7) is -0.681. The second kappa shape index (κ2) is 26.9. The van der Waals surface area contributed by atoms with Crippen LogP contribution in [0.15, 0.2) is 166 Å². The van der Waals surface area contributed by atoms with Crippen molar-refractivity contribution in [3.8, 4) is 11.5 Å². The Hall–Kier alpha value is -8.19. The van der Waals surface area contributed by atoms with Crippen LogP contribution in [-0.4, -0.2) is 162 Å². The van der Waals surface area contributed by atoms with Gasteiger partial charge in [-0.1, -0.05) is 72.8 Å². The molecule has 4 aromatic heterocycles. The molecule has 89 heavy (non-hydrogen) atoms. The first kappa shape index (κ1) is 61.1. The normalized spacial score (nSPS) is 25.3. The molecular formula is C60H62N9O19P. The van der Waals surface area contributed by atoms with Crippen LogP contribution < -0.4 is 37.3 Å². The Morgan fingerprint density at radius 2 is 1.13 bits per heavy atom. The number of amides is 1. The molecule has 13 atom stereocenters. The molecule has 4 aliphatic rings. The third kappa shape index (κ3) is 12.2. The SMILES string of the molecule is COC[C@H]1O[C@@H](n2ccc(=O)[nH]c2=O)[C@H](OC)[C@@H]1OP(OC[C@H]1O[C@@H](n2cnc3c(NC(=O)c4ccccc4)ncnc32)[C@@H]2OCO[C@@H]21)O[C@H]1[C@@H](OC(c2ccccc2)(c2ccc(OC)cc2)c2ccc(OC)cc2)[C@H](n2ccc(=O)[nH]c2=O)O[C@@H]1COC. The van der Waals surface area contributed by atoms with Gasteiger partial charge in [-0.15, -0.1) is 0 Å². The van der Waals surface area contributed by atoms with E-state index in [4.69, 9.17) is 65.7 Å². The number of carbonyl (C=O) groups excluding carboxylic acids is 1. The Labute approximate surface area is 507 Å². The van der Waals surface area contributed by atoms with Gasteiger partial charge in [0.25, 0.3) is 17.0 Å². The van der Waals surface area contributed by atoms with Crippen LogP contribution in [0.25, 0.3) is 11.2 Å². The first-order valence-corrected chi connectivity index (χ1v) is 29.2. The number of imidazole rings is 1. The number of anilines is 1. The minimum atomic E-state index is -2.80. The summed E-state index contributed by atoms with van der Waals surface area (Å²) in [5, 5.41) is 2.83. The van der Waals surface area contributed by atoms with Gasteiger partial charge in [0.2, 0.25) is 0 Å². The van der Waals surface area contributed by atoms with E-state index in [0.29, 0.717) is 39.4 Å². The number of ether oxygens (including phenoxy) is 11. The van der Waals surface area contributed by atoms with E-state index in [1.54, 1.807) is 73.4 Å². The number of rotatable bonds is 24. The van der Waals surface area contributed by atoms with E-state index >= 15 is 0 Å². The van der Waals surface area contributed by atoms with Crippen LogP contribution in [0.1, 0.15) is 45.7 Å². The molecule has 1 amide bonds. The Morgan fingerprint density at radius 3 is 1.70 bits per heavy atom. The number of hydrogen-bond acceptors (Lipinski definition) is 22. The molecule has 4 fully saturated rings. The maximum absolute atomic E-state index is 14.2. The molecule has 0 radical (unpaired) electrons. The number of methoxy groups -OCH3 is 5. The molecule has 0 spiro atoms. The van der Waals surface area contributed by atoms with Crippen molar-refractivity contribution in [3.05, 3.63) is 210 Å². The summed E-state index contributed by atoms with van der Waals surface area (Å²) >= 11 is 0. The predicted molar refractivity (Wildman–Crippen MR) is 313 cm³/mol. The quantitative estimate of drug-likeness (QED) is 0.0560. The van der Waals surface area contributed by atoms with Crippen molar-refractivity contribution in [2.45, 2.75) is 79.2 Å². The number of H-pyrrole nitrogens is 2. The van der Waals surface area contributed by atoms with E-state index in [0.717, 1.165) is 4.57 Å². The van der Waals surface area contributed by atoms with Crippen molar-refractivity contribution in [3.63, 3.8) is 0 Å². The molecule has 8 aromatic rings. The van der Waals surface area contributed by atoms with Crippen LogP contribution >= 0.6 is 8.60 Å². The summed E-state index contributed by atoms with van der Waals surface area (Å²) < 4.78 is 94.6. The van der Waals surface area contributed by atoms with Gasteiger partial charge in [0, 0.05) is 51.4 Å². The molecule has 0 bridgehead atoms. The molecule has 4 aromatic carbocycles. The molecule has 8 heterocycles. The van der Waals surface area contributed by atoms with E-state index in [1.165, 1.54) is 63.1 Å². The maximum Gasteiger partial charge on any atom is 0.333 e. The van der Waals surface area contributed by atoms with E-state index in [2.05, 4.69) is 30.2 Å². The fourth-order valence-electron chi connectivity index (χ4n) is 11.5. The zero-order valence-electron chi connectivity index (χ0n) is 48.5.